The Bertz CT molecular complexity index is 1530. The molecule has 0 radical (unpaired) electrons. The van der Waals surface area contributed by atoms with Crippen molar-refractivity contribution in [3.05, 3.63) is 56.6 Å². The van der Waals surface area contributed by atoms with E-state index in [0.717, 1.165) is 0 Å². The maximum atomic E-state index is 13.8. The molecule has 0 spiro atoms. The highest BCUT2D eigenvalue weighted by Crippen LogP contribution is 2.49. The van der Waals surface area contributed by atoms with Crippen molar-refractivity contribution in [2.24, 2.45) is 0 Å². The van der Waals surface area contributed by atoms with Gasteiger partial charge in [0.25, 0.3) is 0 Å². The number of ether oxygens (including phenoxy) is 2. The number of ketones is 4. The molecule has 5 aliphatic rings. The van der Waals surface area contributed by atoms with E-state index in [0.29, 0.717) is 11.1 Å². The first-order valence-corrected chi connectivity index (χ1v) is 13.4. The van der Waals surface area contributed by atoms with Crippen LogP contribution in [0.1, 0.15) is 40.5 Å². The lowest BCUT2D eigenvalue weighted by molar-refractivity contribution is -0.144. The maximum absolute atomic E-state index is 13.8. The van der Waals surface area contributed by atoms with E-state index in [4.69, 9.17) is 9.47 Å². The van der Waals surface area contributed by atoms with E-state index in [-0.39, 0.29) is 64.6 Å². The fourth-order valence-electron chi connectivity index (χ4n) is 6.93. The Hall–Kier alpha value is -4.14. The number of likely N-dealkylation sites (N-methyl/N-ethyl adjacent to an activating group) is 1. The van der Waals surface area contributed by atoms with Crippen molar-refractivity contribution in [1.82, 2.24) is 9.80 Å². The van der Waals surface area contributed by atoms with Crippen LogP contribution in [0.2, 0.25) is 0 Å². The molecule has 1 fully saturated rings. The Morgan fingerprint density at radius 2 is 1.68 bits per heavy atom. The van der Waals surface area contributed by atoms with Gasteiger partial charge in [-0.25, -0.2) is 4.79 Å². The minimum absolute atomic E-state index is 0.0129. The van der Waals surface area contributed by atoms with Crippen LogP contribution >= 0.6 is 0 Å². The number of piperazine rings is 1. The number of carbonyl (C=O) groups excluding carboxylic acids is 5. The van der Waals surface area contributed by atoms with Gasteiger partial charge in [0.1, 0.15) is 18.4 Å². The van der Waals surface area contributed by atoms with Gasteiger partial charge in [0.2, 0.25) is 17.3 Å². The Morgan fingerprint density at radius 1 is 1.02 bits per heavy atom. The second kappa shape index (κ2) is 10.0. The Kier molecular flexibility index (Phi) is 6.96. The number of aliphatic hydroxyl groups excluding tert-OH is 1. The molecule has 0 aromatic rings. The van der Waals surface area contributed by atoms with Crippen molar-refractivity contribution in [2.45, 2.75) is 70.7 Å². The van der Waals surface area contributed by atoms with Crippen LogP contribution < -0.4 is 0 Å². The van der Waals surface area contributed by atoms with Crippen molar-refractivity contribution in [1.29, 1.82) is 5.26 Å². The summed E-state index contributed by atoms with van der Waals surface area (Å²) in [7, 11) is 3.11. The van der Waals surface area contributed by atoms with Gasteiger partial charge in [0.15, 0.2) is 11.5 Å². The van der Waals surface area contributed by atoms with Gasteiger partial charge in [0, 0.05) is 51.1 Å². The van der Waals surface area contributed by atoms with E-state index < -0.39 is 53.5 Å². The molecule has 1 saturated heterocycles. The highest BCUT2D eigenvalue weighted by Gasteiger charge is 2.59. The van der Waals surface area contributed by atoms with Crippen molar-refractivity contribution in [2.75, 3.05) is 20.8 Å². The molecule has 3 heterocycles. The lowest BCUT2D eigenvalue weighted by atomic mass is 9.67. The zero-order chi connectivity index (χ0) is 30.1. The predicted molar refractivity (Wildman–Crippen MR) is 143 cm³/mol. The first-order valence-electron chi connectivity index (χ1n) is 13.4. The zero-order valence-corrected chi connectivity index (χ0v) is 23.7. The van der Waals surface area contributed by atoms with Gasteiger partial charge in [0.05, 0.1) is 25.3 Å². The van der Waals surface area contributed by atoms with E-state index >= 15 is 0 Å². The minimum Gasteiger partial charge on any atom is -0.507 e. The van der Waals surface area contributed by atoms with Crippen molar-refractivity contribution in [3.63, 3.8) is 0 Å². The summed E-state index contributed by atoms with van der Waals surface area (Å²) in [5.41, 5.74) is 1.21. The summed E-state index contributed by atoms with van der Waals surface area (Å²) in [4.78, 5) is 69.8. The number of hydrogen-bond donors (Lipinski definition) is 1. The molecule has 2 bridgehead atoms. The standard InChI is InChI=1S/C30H31N3O8/c1-7-12(2)30(39)41-11-20-21-15(24(34)13(3)26(36)27(21)37)9-18-23-22-16(25(35)14(4)29(40-6)28(22)38)8-17(32(23)5)19(10-31)33(18)20/h7,17-20,23,34H,8-9,11H2,1-6H3/b12-7-/t17-,18+,19-,20-,23-/m0/s1. The molecule has 0 unspecified atom stereocenters. The molecule has 11 nitrogen and oxygen atoms in total. The van der Waals surface area contributed by atoms with Crippen LogP contribution in [-0.4, -0.2) is 95.0 Å². The van der Waals surface area contributed by atoms with Crippen molar-refractivity contribution < 1.29 is 38.6 Å². The average molecular weight is 562 g/mol. The second-order valence-electron chi connectivity index (χ2n) is 11.0. The molecule has 11 heteroatoms. The first-order chi connectivity index (χ1) is 19.4. The van der Waals surface area contributed by atoms with Gasteiger partial charge in [-0.05, 0) is 47.6 Å². The Morgan fingerprint density at radius 3 is 2.29 bits per heavy atom. The number of nitrogens with zero attached hydrogens (tertiary/aromatic N) is 3. The topological polar surface area (TPSA) is 154 Å². The van der Waals surface area contributed by atoms with Crippen LogP contribution in [0.3, 0.4) is 0 Å². The third-order valence-electron chi connectivity index (χ3n) is 9.16. The second-order valence-corrected chi connectivity index (χ2v) is 11.0. The fraction of sp³-hybridized carbons (Fsp3) is 0.467. The van der Waals surface area contributed by atoms with Gasteiger partial charge in [-0.3, -0.25) is 29.0 Å². The largest absolute Gasteiger partial charge is 0.507 e. The summed E-state index contributed by atoms with van der Waals surface area (Å²) in [5, 5.41) is 21.6. The van der Waals surface area contributed by atoms with Gasteiger partial charge >= 0.3 is 5.97 Å². The van der Waals surface area contributed by atoms with Crippen LogP contribution in [-0.2, 0) is 33.4 Å². The molecule has 0 aromatic carbocycles. The Labute approximate surface area is 237 Å². The van der Waals surface area contributed by atoms with Crippen LogP contribution in [0.4, 0.5) is 0 Å². The van der Waals surface area contributed by atoms with Crippen LogP contribution in [0.5, 0.6) is 0 Å². The molecule has 0 saturated carbocycles. The van der Waals surface area contributed by atoms with Gasteiger partial charge in [-0.15, -0.1) is 0 Å². The number of methoxy groups -OCH3 is 1. The maximum Gasteiger partial charge on any atom is 0.333 e. The first kappa shape index (κ1) is 28.4. The monoisotopic (exact) mass is 561 g/mol. The third-order valence-corrected chi connectivity index (χ3v) is 9.16. The predicted octanol–water partition coefficient (Wildman–Crippen LogP) is 1.57. The lowest BCUT2D eigenvalue weighted by Gasteiger charge is -2.60. The van der Waals surface area contributed by atoms with Gasteiger partial charge < -0.3 is 14.6 Å². The van der Waals surface area contributed by atoms with Gasteiger partial charge in [-0.2, -0.15) is 5.26 Å². The summed E-state index contributed by atoms with van der Waals surface area (Å²) in [5.74, 6) is -3.46. The quantitative estimate of drug-likeness (QED) is 0.175. The lowest BCUT2D eigenvalue weighted by Crippen LogP contribution is -2.74. The van der Waals surface area contributed by atoms with E-state index in [1.165, 1.54) is 21.0 Å². The number of rotatable bonds is 4. The third kappa shape index (κ3) is 3.89. The van der Waals surface area contributed by atoms with E-state index in [1.807, 2.05) is 4.90 Å². The van der Waals surface area contributed by atoms with E-state index in [2.05, 4.69) is 6.07 Å². The van der Waals surface area contributed by atoms with E-state index in [9.17, 15) is 34.3 Å². The molecule has 5 rings (SSSR count). The summed E-state index contributed by atoms with van der Waals surface area (Å²) >= 11 is 0. The number of allylic oxidation sites excluding steroid dienone is 5. The highest BCUT2D eigenvalue weighted by molar-refractivity contribution is 6.50. The summed E-state index contributed by atoms with van der Waals surface area (Å²) in [6, 6.07) is -1.59. The number of hydrogen-bond acceptors (Lipinski definition) is 11. The number of aliphatic hydroxyl groups is 1. The van der Waals surface area contributed by atoms with Crippen molar-refractivity contribution in [3.8, 4) is 6.07 Å². The van der Waals surface area contributed by atoms with Gasteiger partial charge in [-0.1, -0.05) is 6.08 Å². The van der Waals surface area contributed by atoms with E-state index in [1.54, 1.807) is 31.9 Å². The molecule has 5 atom stereocenters. The number of carbonyl (C=O) groups is 5. The van der Waals surface area contributed by atoms with Crippen molar-refractivity contribution >= 4 is 29.1 Å². The fourth-order valence-corrected chi connectivity index (χ4v) is 6.93. The molecular weight excluding hydrogens is 530 g/mol. The summed E-state index contributed by atoms with van der Waals surface area (Å²) < 4.78 is 10.9. The number of esters is 1. The minimum atomic E-state index is -1.05. The average Bonchev–Trinajstić information content (AvgIpc) is 2.96. The molecule has 1 N–H and O–H groups in total. The molecule has 2 aliphatic carbocycles. The molecule has 41 heavy (non-hydrogen) atoms. The SMILES string of the molecule is C/C=C(/C)C(=O)OC[C@H]1C2=C(C[C@@H]3[C@H]4C5=C(C[C@@H]([C@H](C#N)N31)N4C)C(=O)C(C)=C(OC)C5=O)C(O)=C(C)C(=O)C2=O. The number of Topliss-reactive ketones (excluding diaryl/α,β-unsaturated/α-hetero) is 4. The molecule has 3 aliphatic heterocycles. The summed E-state index contributed by atoms with van der Waals surface area (Å²) in [6.45, 7) is 5.78. The Balaban J connectivity index is 1.71. The summed E-state index contributed by atoms with van der Waals surface area (Å²) in [6.07, 6.45) is 1.69. The number of fused-ring (bicyclic) bond motifs is 5. The smallest absolute Gasteiger partial charge is 0.333 e. The normalized spacial score (nSPS) is 30.8. The van der Waals surface area contributed by atoms with Crippen LogP contribution in [0, 0.1) is 11.3 Å². The molecule has 0 amide bonds. The van der Waals surface area contributed by atoms with Crippen LogP contribution in [0.25, 0.3) is 0 Å². The number of nitriles is 1. The molecule has 0 aromatic heterocycles. The van der Waals surface area contributed by atoms with Crippen LogP contribution in [0.15, 0.2) is 56.6 Å². The molecular formula is C30H31N3O8. The molecule has 214 valence electrons. The highest BCUT2D eigenvalue weighted by atomic mass is 16.5. The zero-order valence-electron chi connectivity index (χ0n) is 23.7.